The number of halogens is 2. The molecule has 1 nitrogen and oxygen atoms in total. The van der Waals surface area contributed by atoms with Crippen LogP contribution >= 0.6 is 0 Å². The Morgan fingerprint density at radius 3 is 2.23 bits per heavy atom. The van der Waals surface area contributed by atoms with Gasteiger partial charge in [-0.05, 0) is 25.1 Å². The van der Waals surface area contributed by atoms with Gasteiger partial charge in [0.05, 0.1) is 0 Å². The molecule has 0 atom stereocenters. The second-order valence-electron chi connectivity index (χ2n) is 9.42. The maximum atomic E-state index is 3.43. The van der Waals surface area contributed by atoms with Crippen LogP contribution in [0.25, 0.3) is 21.9 Å². The third-order valence-electron chi connectivity index (χ3n) is 5.78. The van der Waals surface area contributed by atoms with Crippen molar-refractivity contribution in [1.82, 2.24) is 4.90 Å². The van der Waals surface area contributed by atoms with Gasteiger partial charge in [-0.25, -0.2) is 0 Å². The van der Waals surface area contributed by atoms with E-state index in [0.29, 0.717) is 5.92 Å². The summed E-state index contributed by atoms with van der Waals surface area (Å²) >= 11 is 1.74. The van der Waals surface area contributed by atoms with Crippen molar-refractivity contribution in [1.29, 1.82) is 0 Å². The van der Waals surface area contributed by atoms with E-state index in [4.69, 9.17) is 0 Å². The zero-order chi connectivity index (χ0) is 24.1. The minimum absolute atomic E-state index is 0. The third kappa shape index (κ3) is 8.39. The summed E-state index contributed by atoms with van der Waals surface area (Å²) in [6.07, 6.45) is 7.92. The van der Waals surface area contributed by atoms with Crippen molar-refractivity contribution in [2.45, 2.75) is 40.8 Å². The Kier molecular flexibility index (Phi) is 13.1. The van der Waals surface area contributed by atoms with Crippen molar-refractivity contribution in [3.05, 3.63) is 101 Å². The molecule has 1 aliphatic carbocycles. The maximum absolute atomic E-state index is 3.43. The van der Waals surface area contributed by atoms with Crippen molar-refractivity contribution >= 4 is 16.2 Å². The van der Waals surface area contributed by atoms with Gasteiger partial charge in [0.15, 0.2) is 0 Å². The number of allylic oxidation sites excluding steroid dienone is 3. The van der Waals surface area contributed by atoms with Crippen LogP contribution in [0.4, 0.5) is 0 Å². The normalized spacial score (nSPS) is 13.3. The van der Waals surface area contributed by atoms with Gasteiger partial charge in [0.1, 0.15) is 0 Å². The van der Waals surface area contributed by atoms with Gasteiger partial charge in [0.2, 0.25) is 0 Å². The van der Waals surface area contributed by atoms with E-state index in [1.807, 2.05) is 0 Å². The van der Waals surface area contributed by atoms with Crippen LogP contribution in [0.3, 0.4) is 0 Å². The monoisotopic (exact) mass is 597 g/mol. The van der Waals surface area contributed by atoms with Crippen molar-refractivity contribution in [3.63, 3.8) is 0 Å². The Morgan fingerprint density at radius 2 is 1.66 bits per heavy atom. The second-order valence-corrected chi connectivity index (χ2v) is 18.8. The largest absolute Gasteiger partial charge is 1.00 e. The summed E-state index contributed by atoms with van der Waals surface area (Å²) in [4.78, 5) is 2.26. The summed E-state index contributed by atoms with van der Waals surface area (Å²) in [7, 11) is 2.13. The van der Waals surface area contributed by atoms with E-state index in [9.17, 15) is 0 Å². The van der Waals surface area contributed by atoms with Gasteiger partial charge in [-0.1, -0.05) is 75.4 Å². The number of likely N-dealkylation sites (N-methyl/N-ethyl adjacent to an activating group) is 1. The molecule has 1 heterocycles. The molecule has 0 amide bonds. The minimum Gasteiger partial charge on any atom is -1.00 e. The Hall–Kier alpha value is -1.25. The quantitative estimate of drug-likeness (QED) is 0.321. The van der Waals surface area contributed by atoms with Crippen LogP contribution in [-0.4, -0.2) is 23.9 Å². The molecule has 0 fully saturated rings. The molecule has 0 bridgehead atoms. The van der Waals surface area contributed by atoms with Gasteiger partial charge in [-0.2, -0.15) is 6.07 Å². The molecule has 2 aliphatic rings. The first-order valence-electron chi connectivity index (χ1n) is 11.7. The molecule has 0 unspecified atom stereocenters. The van der Waals surface area contributed by atoms with Crippen LogP contribution in [0.5, 0.6) is 0 Å². The molecular weight excluding hydrogens is 565 g/mol. The molecule has 35 heavy (non-hydrogen) atoms. The van der Waals surface area contributed by atoms with E-state index in [0.717, 1.165) is 6.54 Å². The van der Waals surface area contributed by atoms with Crippen LogP contribution in [0, 0.1) is 25.8 Å². The average molecular weight is 600 g/mol. The van der Waals surface area contributed by atoms with Crippen molar-refractivity contribution in [2.75, 3.05) is 13.6 Å². The van der Waals surface area contributed by atoms with Crippen LogP contribution in [0.15, 0.2) is 83.6 Å². The smallest absolute Gasteiger partial charge is 0.0279 e. The van der Waals surface area contributed by atoms with Crippen LogP contribution in [0.1, 0.15) is 25.0 Å². The van der Waals surface area contributed by atoms with Gasteiger partial charge in [-0.15, -0.1) is 63.4 Å². The Labute approximate surface area is 239 Å². The molecule has 1 aliphatic heterocycles. The molecule has 0 saturated carbocycles. The molecule has 0 N–H and O–H groups in total. The zero-order valence-electron chi connectivity index (χ0n) is 21.8. The molecule has 0 aromatic heterocycles. The minimum atomic E-state index is 0. The molecule has 184 valence electrons. The standard InChI is InChI=1S/C17H15.C11H14N.C2H6Si.2ClH.Zr/c1-12-10-16-13(2)8-9-15(17(16)11-12)14-6-4-3-5-7-14;1-8(2)10-6-9-4-5-12(3)11(9)7-10;1-3-2;;;/h3-11H,1-2H3;4,7-8H,5H2,1-3H3;1-2H3;2*1H;/q2*-1;;;;+2/p-2. The van der Waals surface area contributed by atoms with E-state index < -0.39 is 0 Å². The van der Waals surface area contributed by atoms with E-state index >= 15 is 0 Å². The molecule has 0 spiro atoms. The van der Waals surface area contributed by atoms with E-state index in [1.54, 1.807) is 23.3 Å². The zero-order valence-corrected chi connectivity index (χ0v) is 26.8. The summed E-state index contributed by atoms with van der Waals surface area (Å²) < 4.78 is 0. The number of rotatable bonds is 2. The van der Waals surface area contributed by atoms with Crippen molar-refractivity contribution in [2.24, 2.45) is 5.92 Å². The Morgan fingerprint density at radius 1 is 1.03 bits per heavy atom. The topological polar surface area (TPSA) is 3.24 Å². The fraction of sp³-hybridized carbons (Fsp3) is 0.300. The number of hydrogen-bond donors (Lipinski definition) is 0. The Bertz CT molecular complexity index is 1230. The fourth-order valence-corrected chi connectivity index (χ4v) is 4.05. The molecule has 3 aromatic rings. The third-order valence-corrected chi connectivity index (χ3v) is 5.78. The van der Waals surface area contributed by atoms with E-state index in [2.05, 4.69) is 126 Å². The summed E-state index contributed by atoms with van der Waals surface area (Å²) in [6, 6.07) is 19.6. The SMILES string of the molecule is CC(C)C1=[C-]C2=CCN(C)C2=C1.C[Si](C)=[Zr+2].Cc1cc2c(-c3ccccc3)ccc(C)c2[cH-]1.[Cl-].[Cl-]. The number of nitrogens with zero attached hydrogens (tertiary/aromatic N) is 1. The van der Waals surface area contributed by atoms with Crippen molar-refractivity contribution < 1.29 is 48.1 Å². The first kappa shape index (κ1) is 31.8. The van der Waals surface area contributed by atoms with Gasteiger partial charge >= 0.3 is 41.9 Å². The second kappa shape index (κ2) is 14.5. The summed E-state index contributed by atoms with van der Waals surface area (Å²) in [5, 5.41) is 2.75. The van der Waals surface area contributed by atoms with Gasteiger partial charge in [0, 0.05) is 0 Å². The molecule has 5 rings (SSSR count). The molecule has 3 aromatic carbocycles. The van der Waals surface area contributed by atoms with E-state index in [1.165, 1.54) is 49.9 Å². The number of fused-ring (bicyclic) bond motifs is 2. The Balaban J connectivity index is 0.000000301. The van der Waals surface area contributed by atoms with E-state index in [-0.39, 0.29) is 30.2 Å². The molecule has 5 heteroatoms. The molecule has 0 saturated heterocycles. The number of hydrogen-bond acceptors (Lipinski definition) is 1. The predicted octanol–water partition coefficient (Wildman–Crippen LogP) is 1.78. The van der Waals surface area contributed by atoms with Gasteiger partial charge in [-0.3, -0.25) is 0 Å². The summed E-state index contributed by atoms with van der Waals surface area (Å²) in [6.45, 7) is 14.4. The molecule has 0 radical (unpaired) electrons. The van der Waals surface area contributed by atoms with Crippen LogP contribution < -0.4 is 24.8 Å². The van der Waals surface area contributed by atoms with Crippen LogP contribution in [0.2, 0.25) is 13.1 Å². The summed E-state index contributed by atoms with van der Waals surface area (Å²) in [5.74, 6) is 0.595. The number of benzene rings is 2. The van der Waals surface area contributed by atoms with Gasteiger partial charge < -0.3 is 29.7 Å². The first-order chi connectivity index (χ1) is 15.7. The number of aryl methyl sites for hydroxylation is 2. The predicted molar refractivity (Wildman–Crippen MR) is 142 cm³/mol. The van der Waals surface area contributed by atoms with Crippen molar-refractivity contribution in [3.8, 4) is 11.1 Å². The van der Waals surface area contributed by atoms with Gasteiger partial charge in [0.25, 0.3) is 0 Å². The fourth-order valence-electron chi connectivity index (χ4n) is 4.05. The molecular formula is C30H35Cl2NSiZr-2. The maximum Gasteiger partial charge on any atom is -0.0279 e. The van der Waals surface area contributed by atoms with Crippen LogP contribution in [-0.2, 0) is 23.3 Å². The average Bonchev–Trinajstić information content (AvgIpc) is 3.45. The first-order valence-corrected chi connectivity index (χ1v) is 17.9. The summed E-state index contributed by atoms with van der Waals surface area (Å²) in [5.41, 5.74) is 9.51.